The molecule has 2 aliphatic rings. The van der Waals surface area contributed by atoms with Crippen LogP contribution in [0.1, 0.15) is 61.9 Å². The second kappa shape index (κ2) is 14.5. The molecular formula is C31H38ClF3N4O5. The zero-order valence-corrected chi connectivity index (χ0v) is 25.8. The molecule has 0 bridgehead atoms. The predicted octanol–water partition coefficient (Wildman–Crippen LogP) is 6.63. The van der Waals surface area contributed by atoms with Gasteiger partial charge in [0.05, 0.1) is 29.3 Å². The van der Waals surface area contributed by atoms with Crippen LogP contribution in [0.5, 0.6) is 5.75 Å². The van der Waals surface area contributed by atoms with Gasteiger partial charge in [-0.15, -0.1) is 0 Å². The van der Waals surface area contributed by atoms with E-state index in [0.29, 0.717) is 24.4 Å². The molecule has 5 amide bonds. The van der Waals surface area contributed by atoms with Gasteiger partial charge in [0.2, 0.25) is 0 Å². The van der Waals surface area contributed by atoms with Crippen molar-refractivity contribution in [2.75, 3.05) is 31.8 Å². The summed E-state index contributed by atoms with van der Waals surface area (Å²) in [6.45, 7) is 2.92. The van der Waals surface area contributed by atoms with Gasteiger partial charge in [-0.25, -0.2) is 9.59 Å². The first kappa shape index (κ1) is 33.4. The minimum Gasteiger partial charge on any atom is -0.484 e. The average molecular weight is 639 g/mol. The van der Waals surface area contributed by atoms with Crippen LogP contribution in [-0.2, 0) is 11.3 Å². The number of alkyl halides is 3. The maximum Gasteiger partial charge on any atom is 0.422 e. The first-order valence-corrected chi connectivity index (χ1v) is 15.1. The molecule has 1 heterocycles. The molecule has 44 heavy (non-hydrogen) atoms. The molecule has 0 aromatic heterocycles. The van der Waals surface area contributed by atoms with Crippen molar-refractivity contribution in [2.45, 2.75) is 76.8 Å². The normalized spacial score (nSPS) is 19.2. The molecule has 1 aliphatic heterocycles. The molecule has 240 valence electrons. The number of nitrogens with one attached hydrogen (secondary N) is 1. The van der Waals surface area contributed by atoms with Gasteiger partial charge in [-0.05, 0) is 56.5 Å². The fourth-order valence-corrected chi connectivity index (χ4v) is 6.03. The predicted molar refractivity (Wildman–Crippen MR) is 160 cm³/mol. The number of carbonyl (C=O) groups is 3. The summed E-state index contributed by atoms with van der Waals surface area (Å²) >= 11 is 6.38. The van der Waals surface area contributed by atoms with Crippen LogP contribution >= 0.6 is 11.6 Å². The molecule has 1 unspecified atom stereocenters. The lowest BCUT2D eigenvalue weighted by Gasteiger charge is -2.37. The summed E-state index contributed by atoms with van der Waals surface area (Å²) < 4.78 is 47.8. The van der Waals surface area contributed by atoms with Crippen molar-refractivity contribution >= 4 is 35.3 Å². The summed E-state index contributed by atoms with van der Waals surface area (Å²) in [4.78, 5) is 45.8. The number of nitrogens with zero attached hydrogens (tertiary/aromatic N) is 3. The van der Waals surface area contributed by atoms with Gasteiger partial charge < -0.3 is 24.2 Å². The molecule has 0 spiro atoms. The first-order valence-electron chi connectivity index (χ1n) is 14.7. The largest absolute Gasteiger partial charge is 0.484 e. The highest BCUT2D eigenvalue weighted by molar-refractivity contribution is 6.34. The minimum atomic E-state index is -4.52. The van der Waals surface area contributed by atoms with E-state index in [0.717, 1.165) is 32.1 Å². The van der Waals surface area contributed by atoms with Crippen molar-refractivity contribution in [3.8, 4) is 5.75 Å². The fraction of sp³-hybridized carbons (Fsp3) is 0.516. The topological polar surface area (TPSA) is 91.4 Å². The second-order valence-corrected chi connectivity index (χ2v) is 11.6. The number of hydrogen-bond donors (Lipinski definition) is 1. The number of anilines is 1. The molecule has 9 nitrogen and oxygen atoms in total. The molecule has 1 aliphatic carbocycles. The number of imide groups is 1. The zero-order chi connectivity index (χ0) is 32.0. The Morgan fingerprint density at radius 3 is 2.41 bits per heavy atom. The van der Waals surface area contributed by atoms with Crippen LogP contribution in [0.3, 0.4) is 0 Å². The number of methoxy groups -OCH3 is 1. The maximum atomic E-state index is 14.0. The van der Waals surface area contributed by atoms with Crippen LogP contribution in [0.25, 0.3) is 0 Å². The summed E-state index contributed by atoms with van der Waals surface area (Å²) in [5.74, 6) is -0.618. The average Bonchev–Trinajstić information content (AvgIpc) is 3.10. The van der Waals surface area contributed by atoms with Crippen molar-refractivity contribution in [1.82, 2.24) is 15.1 Å². The van der Waals surface area contributed by atoms with Gasteiger partial charge in [-0.2, -0.15) is 13.2 Å². The molecular weight excluding hydrogens is 601 g/mol. The number of hydrogen-bond acceptors (Lipinski definition) is 5. The van der Waals surface area contributed by atoms with E-state index in [4.69, 9.17) is 21.1 Å². The summed E-state index contributed by atoms with van der Waals surface area (Å²) in [7, 11) is 1.57. The first-order chi connectivity index (χ1) is 20.9. The number of halogens is 4. The summed E-state index contributed by atoms with van der Waals surface area (Å²) in [5, 5.41) is 2.51. The highest BCUT2D eigenvalue weighted by Gasteiger charge is 2.38. The van der Waals surface area contributed by atoms with Crippen molar-refractivity contribution in [3.05, 3.63) is 58.6 Å². The zero-order valence-electron chi connectivity index (χ0n) is 25.0. The van der Waals surface area contributed by atoms with E-state index in [9.17, 15) is 27.6 Å². The quantitative estimate of drug-likeness (QED) is 0.368. The summed E-state index contributed by atoms with van der Waals surface area (Å²) in [5.41, 5.74) is 1.29. The van der Waals surface area contributed by atoms with E-state index < -0.39 is 42.8 Å². The standard InChI is InChI=1S/C31H38ClF3N4O5/c1-20-21(2)39(28(40)25-14-13-24(17-26(25)32)44-19-31(33,34)35)27-12-8-7-9-22(27)18-38(20)30(42)36-29(41)37(15-16-43-3)23-10-5-4-6-11-23/h7-9,12-14,17,20-21,23H,4-6,10-11,15-16,18-19H2,1-3H3,(H,36,41,42)/t20?,21-/m1/s1. The Hall–Kier alpha value is -3.51. The monoisotopic (exact) mass is 638 g/mol. The number of ether oxygens (including phenoxy) is 2. The van der Waals surface area contributed by atoms with E-state index in [-0.39, 0.29) is 28.9 Å². The number of rotatable bonds is 7. The number of fused-ring (bicyclic) bond motifs is 1. The number of carbonyl (C=O) groups excluding carboxylic acids is 3. The van der Waals surface area contributed by atoms with E-state index in [1.807, 2.05) is 0 Å². The minimum absolute atomic E-state index is 0.0241. The number of para-hydroxylation sites is 1. The Balaban J connectivity index is 1.57. The van der Waals surface area contributed by atoms with Gasteiger partial charge >= 0.3 is 18.2 Å². The van der Waals surface area contributed by atoms with Gasteiger partial charge in [0.25, 0.3) is 5.91 Å². The second-order valence-electron chi connectivity index (χ2n) is 11.2. The van der Waals surface area contributed by atoms with Gasteiger partial charge in [0.1, 0.15) is 5.75 Å². The van der Waals surface area contributed by atoms with Crippen LogP contribution in [0, 0.1) is 0 Å². The van der Waals surface area contributed by atoms with E-state index in [1.54, 1.807) is 50.1 Å². The summed E-state index contributed by atoms with van der Waals surface area (Å²) in [6, 6.07) is 8.70. The van der Waals surface area contributed by atoms with E-state index >= 15 is 0 Å². The fourth-order valence-electron chi connectivity index (χ4n) is 5.78. The van der Waals surface area contributed by atoms with Crippen LogP contribution < -0.4 is 15.0 Å². The lowest BCUT2D eigenvalue weighted by atomic mass is 9.94. The lowest BCUT2D eigenvalue weighted by molar-refractivity contribution is -0.153. The molecule has 1 saturated carbocycles. The molecule has 2 atom stereocenters. The van der Waals surface area contributed by atoms with Crippen LogP contribution in [0.4, 0.5) is 28.4 Å². The smallest absolute Gasteiger partial charge is 0.422 e. The number of benzene rings is 2. The third-order valence-electron chi connectivity index (χ3n) is 8.27. The van der Waals surface area contributed by atoms with E-state index in [1.165, 1.54) is 28.0 Å². The molecule has 2 aromatic carbocycles. The SMILES string of the molecule is COCCN(C(=O)NC(=O)N1Cc2ccccc2N(C(=O)c2ccc(OCC(F)(F)F)cc2Cl)[C@H](C)C1C)C1CCCCC1. The van der Waals surface area contributed by atoms with E-state index in [2.05, 4.69) is 5.32 Å². The van der Waals surface area contributed by atoms with Crippen molar-refractivity contribution in [1.29, 1.82) is 0 Å². The van der Waals surface area contributed by atoms with Gasteiger partial charge in [-0.3, -0.25) is 10.1 Å². The number of amides is 5. The van der Waals surface area contributed by atoms with Crippen molar-refractivity contribution in [2.24, 2.45) is 0 Å². The van der Waals surface area contributed by atoms with Crippen molar-refractivity contribution in [3.63, 3.8) is 0 Å². The summed E-state index contributed by atoms with van der Waals surface area (Å²) in [6.07, 6.45) is 0.362. The molecule has 1 fully saturated rings. The molecule has 4 rings (SSSR count). The van der Waals surface area contributed by atoms with Crippen LogP contribution in [-0.4, -0.2) is 78.9 Å². The molecule has 0 radical (unpaired) electrons. The highest BCUT2D eigenvalue weighted by Crippen LogP contribution is 2.34. The molecule has 13 heteroatoms. The Morgan fingerprint density at radius 1 is 1.05 bits per heavy atom. The maximum absolute atomic E-state index is 14.0. The Morgan fingerprint density at radius 2 is 1.75 bits per heavy atom. The highest BCUT2D eigenvalue weighted by atomic mass is 35.5. The Bertz CT molecular complexity index is 1340. The Kier molecular flexibility index (Phi) is 11.0. The van der Waals surface area contributed by atoms with Crippen LogP contribution in [0.15, 0.2) is 42.5 Å². The van der Waals surface area contributed by atoms with Gasteiger partial charge in [0.15, 0.2) is 6.61 Å². The third-order valence-corrected chi connectivity index (χ3v) is 8.58. The van der Waals surface area contributed by atoms with Gasteiger partial charge in [-0.1, -0.05) is 49.1 Å². The Labute approximate surface area is 260 Å². The van der Waals surface area contributed by atoms with Gasteiger partial charge in [0, 0.05) is 31.9 Å². The van der Waals surface area contributed by atoms with Crippen LogP contribution in [0.2, 0.25) is 5.02 Å². The molecule has 2 aromatic rings. The lowest BCUT2D eigenvalue weighted by Crippen LogP contribution is -2.56. The van der Waals surface area contributed by atoms with Crippen molar-refractivity contribution < 1.29 is 37.0 Å². The molecule has 1 N–H and O–H groups in total. The number of urea groups is 2. The third kappa shape index (κ3) is 7.95. The molecule has 0 saturated heterocycles.